The predicted molar refractivity (Wildman–Crippen MR) is 210 cm³/mol. The number of carbonyl (C=O) groups excluding carboxylic acids is 2. The number of anilines is 3. The largest absolute Gasteiger partial charge is 0.480 e. The van der Waals surface area contributed by atoms with Crippen molar-refractivity contribution in [1.82, 2.24) is 35.7 Å². The third-order valence-electron chi connectivity index (χ3n) is 9.27. The van der Waals surface area contributed by atoms with Gasteiger partial charge in [0.2, 0.25) is 11.9 Å². The van der Waals surface area contributed by atoms with Crippen molar-refractivity contribution in [1.29, 1.82) is 0 Å². The highest BCUT2D eigenvalue weighted by Crippen LogP contribution is 2.45. The van der Waals surface area contributed by atoms with Crippen molar-refractivity contribution in [3.63, 3.8) is 0 Å². The summed E-state index contributed by atoms with van der Waals surface area (Å²) in [4.78, 5) is 63.0. The molecule has 2 aromatic heterocycles. The van der Waals surface area contributed by atoms with E-state index in [1.807, 2.05) is 48.2 Å². The number of hydrazone groups is 1. The maximum Gasteiger partial charge on any atom is 0.326 e. The smallest absolute Gasteiger partial charge is 0.326 e. The van der Waals surface area contributed by atoms with Crippen molar-refractivity contribution >= 4 is 52.6 Å². The van der Waals surface area contributed by atoms with E-state index in [9.17, 15) is 19.5 Å². The number of nitrogen functional groups attached to an aromatic ring is 2. The van der Waals surface area contributed by atoms with Crippen LogP contribution in [0.1, 0.15) is 74.5 Å². The number of carboxylic acid groups (broad SMARTS) is 1. The maximum absolute atomic E-state index is 13.0. The van der Waals surface area contributed by atoms with E-state index in [-0.39, 0.29) is 35.7 Å². The Morgan fingerprint density at radius 3 is 2.51 bits per heavy atom. The van der Waals surface area contributed by atoms with Crippen LogP contribution in [0.3, 0.4) is 0 Å². The minimum absolute atomic E-state index is 0.0125. The van der Waals surface area contributed by atoms with Crippen LogP contribution in [0.15, 0.2) is 78.6 Å². The molecule has 55 heavy (non-hydrogen) atoms. The van der Waals surface area contributed by atoms with Crippen LogP contribution in [-0.2, 0) is 27.5 Å². The summed E-state index contributed by atoms with van der Waals surface area (Å²) >= 11 is 0. The number of amides is 2. The summed E-state index contributed by atoms with van der Waals surface area (Å²) in [5.41, 5.74) is 16.3. The van der Waals surface area contributed by atoms with Gasteiger partial charge in [-0.15, -0.1) is 6.58 Å². The van der Waals surface area contributed by atoms with Gasteiger partial charge in [-0.1, -0.05) is 50.3 Å². The predicted octanol–water partition coefficient (Wildman–Crippen LogP) is 4.24. The quantitative estimate of drug-likeness (QED) is 0.0579. The Balaban J connectivity index is 1.14. The van der Waals surface area contributed by atoms with Crippen molar-refractivity contribution in [3.05, 3.63) is 90.3 Å². The Labute approximate surface area is 320 Å². The fourth-order valence-corrected chi connectivity index (χ4v) is 6.93. The number of hydrogen-bond donors (Lipinski definition) is 5. The lowest BCUT2D eigenvalue weighted by Gasteiger charge is -2.37. The van der Waals surface area contributed by atoms with Crippen LogP contribution in [0.25, 0.3) is 11.2 Å². The number of nitrogens with one attached hydrogen (secondary N) is 2. The van der Waals surface area contributed by atoms with Crippen molar-refractivity contribution < 1.29 is 24.3 Å². The van der Waals surface area contributed by atoms with Crippen molar-refractivity contribution in [2.24, 2.45) is 11.0 Å². The summed E-state index contributed by atoms with van der Waals surface area (Å²) in [7, 11) is 1.84. The third kappa shape index (κ3) is 10.4. The van der Waals surface area contributed by atoms with Gasteiger partial charge >= 0.3 is 5.97 Å². The summed E-state index contributed by atoms with van der Waals surface area (Å²) in [6.45, 7) is 11.2. The van der Waals surface area contributed by atoms with E-state index in [1.54, 1.807) is 36.7 Å². The van der Waals surface area contributed by atoms with Crippen LogP contribution >= 0.6 is 0 Å². The molecule has 0 saturated carbocycles. The molecular weight excluding hydrogens is 703 g/mol. The van der Waals surface area contributed by atoms with E-state index in [0.717, 1.165) is 17.7 Å². The van der Waals surface area contributed by atoms with E-state index in [1.165, 1.54) is 0 Å². The number of carboxylic acids is 1. The molecule has 2 amide bonds. The van der Waals surface area contributed by atoms with Crippen LogP contribution in [0, 0.1) is 5.92 Å². The number of rotatable bonds is 17. The molecule has 1 saturated heterocycles. The third-order valence-corrected chi connectivity index (χ3v) is 9.27. The molecule has 7 N–H and O–H groups in total. The zero-order valence-corrected chi connectivity index (χ0v) is 31.6. The molecule has 1 aliphatic rings. The average Bonchev–Trinajstić information content (AvgIpc) is 3.39. The summed E-state index contributed by atoms with van der Waals surface area (Å²) in [6.07, 6.45) is 6.94. The molecule has 0 unspecified atom stereocenters. The highest BCUT2D eigenvalue weighted by Gasteiger charge is 2.51. The van der Waals surface area contributed by atoms with Crippen molar-refractivity contribution in [2.75, 3.05) is 23.4 Å². The topological polar surface area (TPSA) is 227 Å². The minimum Gasteiger partial charge on any atom is -0.480 e. The molecule has 2 aromatic carbocycles. The molecule has 1 fully saturated rings. The zero-order valence-electron chi connectivity index (χ0n) is 31.6. The Bertz CT molecular complexity index is 2030. The van der Waals surface area contributed by atoms with Gasteiger partial charge in [-0.25, -0.2) is 20.2 Å². The summed E-state index contributed by atoms with van der Waals surface area (Å²) < 4.78 is 0. The van der Waals surface area contributed by atoms with Crippen LogP contribution in [0.5, 0.6) is 0 Å². The van der Waals surface area contributed by atoms with E-state index in [4.69, 9.17) is 16.3 Å². The standard InChI is InChI=1S/C39H49N11O5/c1-6-18-39(19-25(2)3)23-38(4,55-50(39)21-26-10-8-7-9-11-26)24-43-48-31(51)17-16-30(36(53)54)45-35(52)27-12-14-29(15-13-27)49(5)22-28-20-42-34-32(44-28)33(40)46-37(41)47-34/h6-15,20,24-25,30H,1,16-19,21-23H2,2-5H3,(H,45,52)(H,48,51)(H,53,54)(H4,40,41,42,46,47)/b43-24+/t30-,38+,39+/m0/s1. The first-order chi connectivity index (χ1) is 26.2. The Morgan fingerprint density at radius 2 is 1.84 bits per heavy atom. The van der Waals surface area contributed by atoms with Crippen LogP contribution in [-0.4, -0.2) is 78.3 Å². The average molecular weight is 752 g/mol. The molecule has 290 valence electrons. The van der Waals surface area contributed by atoms with Gasteiger partial charge in [-0.3, -0.25) is 14.4 Å². The van der Waals surface area contributed by atoms with Gasteiger partial charge in [-0.05, 0) is 61.9 Å². The number of nitrogens with zero attached hydrogens (tertiary/aromatic N) is 7. The molecular formula is C39H49N11O5. The Hall–Kier alpha value is -6.00. The first kappa shape index (κ1) is 40.2. The molecule has 0 spiro atoms. The van der Waals surface area contributed by atoms with E-state index in [0.29, 0.717) is 48.7 Å². The molecule has 5 rings (SSSR count). The second-order valence-corrected chi connectivity index (χ2v) is 14.5. The molecule has 3 heterocycles. The van der Waals surface area contributed by atoms with Gasteiger partial charge in [0.1, 0.15) is 11.6 Å². The molecule has 1 aliphatic heterocycles. The molecule has 0 bridgehead atoms. The van der Waals surface area contributed by atoms with Crippen LogP contribution in [0.4, 0.5) is 17.5 Å². The van der Waals surface area contributed by atoms with Crippen LogP contribution < -0.4 is 27.1 Å². The first-order valence-corrected chi connectivity index (χ1v) is 18.0. The number of benzene rings is 2. The molecule has 0 aliphatic carbocycles. The summed E-state index contributed by atoms with van der Waals surface area (Å²) in [5, 5.41) is 18.6. The SMILES string of the molecule is C=CC[C@@]1(CC(C)C)C[C@](C)(/C=N/NC(=O)CC[C@H](NC(=O)c2ccc(N(C)Cc3cnc4nc(N)nc(N)c4n3)cc2)C(=O)O)ON1Cc1ccccc1. The zero-order chi connectivity index (χ0) is 39.8. The fourth-order valence-electron chi connectivity index (χ4n) is 6.93. The first-order valence-electron chi connectivity index (χ1n) is 18.0. The lowest BCUT2D eigenvalue weighted by Crippen LogP contribution is -2.43. The lowest BCUT2D eigenvalue weighted by molar-refractivity contribution is -0.208. The highest BCUT2D eigenvalue weighted by molar-refractivity contribution is 5.97. The summed E-state index contributed by atoms with van der Waals surface area (Å²) in [5.74, 6) is -1.82. The van der Waals surface area contributed by atoms with Gasteiger partial charge in [0.05, 0.1) is 30.2 Å². The Morgan fingerprint density at radius 1 is 1.11 bits per heavy atom. The van der Waals surface area contributed by atoms with E-state index < -0.39 is 29.4 Å². The Kier molecular flexibility index (Phi) is 12.7. The van der Waals surface area contributed by atoms with Gasteiger partial charge in [-0.2, -0.15) is 20.1 Å². The molecule has 16 heteroatoms. The maximum atomic E-state index is 13.0. The molecule has 16 nitrogen and oxygen atoms in total. The second-order valence-electron chi connectivity index (χ2n) is 14.5. The van der Waals surface area contributed by atoms with Gasteiger partial charge in [0.25, 0.3) is 5.91 Å². The number of hydrogen-bond acceptors (Lipinski definition) is 13. The molecule has 3 atom stereocenters. The lowest BCUT2D eigenvalue weighted by atomic mass is 9.78. The second kappa shape index (κ2) is 17.4. The van der Waals surface area contributed by atoms with Gasteiger partial charge in [0.15, 0.2) is 17.0 Å². The van der Waals surface area contributed by atoms with E-state index in [2.05, 4.69) is 68.3 Å². The highest BCUT2D eigenvalue weighted by atomic mass is 16.7. The summed E-state index contributed by atoms with van der Waals surface area (Å²) in [6, 6.07) is 15.4. The number of fused-ring (bicyclic) bond motifs is 1. The normalized spacial score (nSPS) is 19.1. The monoisotopic (exact) mass is 751 g/mol. The molecule has 0 radical (unpaired) electrons. The number of nitrogens with two attached hydrogens (primary N) is 2. The van der Waals surface area contributed by atoms with Crippen molar-refractivity contribution in [2.45, 2.75) is 83.1 Å². The number of aromatic nitrogens is 4. The number of carbonyl (C=O) groups is 3. The number of hydroxylamine groups is 2. The fraction of sp³-hybridized carbons (Fsp3) is 0.385. The van der Waals surface area contributed by atoms with Crippen molar-refractivity contribution in [3.8, 4) is 0 Å². The van der Waals surface area contributed by atoms with Gasteiger partial charge in [0, 0.05) is 37.7 Å². The molecule has 4 aromatic rings. The van der Waals surface area contributed by atoms with E-state index >= 15 is 0 Å². The minimum atomic E-state index is -1.30. The van der Waals surface area contributed by atoms with Gasteiger partial charge < -0.3 is 26.8 Å². The number of aliphatic carboxylic acids is 1. The van der Waals surface area contributed by atoms with Crippen LogP contribution in [0.2, 0.25) is 0 Å².